The van der Waals surface area contributed by atoms with E-state index in [1.807, 2.05) is 0 Å². The molecule has 0 amide bonds. The van der Waals surface area contributed by atoms with Crippen molar-refractivity contribution in [3.8, 4) is 0 Å². The van der Waals surface area contributed by atoms with Crippen molar-refractivity contribution in [3.63, 3.8) is 0 Å². The van der Waals surface area contributed by atoms with Crippen molar-refractivity contribution in [2.45, 2.75) is 12.8 Å². The molecule has 0 aromatic rings. The lowest BCUT2D eigenvalue weighted by Gasteiger charge is -2.02. The fraction of sp³-hybridized carbons (Fsp3) is 1.00. The standard InChI is InChI=1S/C6H13F2NO2S/c1-12(10,11)4-2-3-9-5-6(7)8/h6,9H,2-5H2,1H3. The SMILES string of the molecule is CS(=O)(=O)CCCNCC(F)F. The van der Waals surface area contributed by atoms with Crippen molar-refractivity contribution in [2.75, 3.05) is 25.1 Å². The summed E-state index contributed by atoms with van der Waals surface area (Å²) in [5.74, 6) is 0.0449. The van der Waals surface area contributed by atoms with E-state index in [1.54, 1.807) is 0 Å². The third kappa shape index (κ3) is 9.77. The Morgan fingerprint density at radius 3 is 2.42 bits per heavy atom. The molecule has 0 aromatic heterocycles. The summed E-state index contributed by atoms with van der Waals surface area (Å²) in [5.41, 5.74) is 0. The Morgan fingerprint density at radius 1 is 1.42 bits per heavy atom. The Bertz CT molecular complexity index is 204. The summed E-state index contributed by atoms with van der Waals surface area (Å²) >= 11 is 0. The van der Waals surface area contributed by atoms with Crippen LogP contribution in [0.5, 0.6) is 0 Å². The van der Waals surface area contributed by atoms with Gasteiger partial charge in [-0.05, 0) is 13.0 Å². The van der Waals surface area contributed by atoms with Gasteiger partial charge in [0.25, 0.3) is 6.43 Å². The molecule has 0 aromatic carbocycles. The van der Waals surface area contributed by atoms with Gasteiger partial charge in [0.15, 0.2) is 0 Å². The maximum Gasteiger partial charge on any atom is 0.250 e. The predicted molar refractivity (Wildman–Crippen MR) is 43.2 cm³/mol. The maximum atomic E-state index is 11.5. The molecule has 6 heteroatoms. The normalized spacial score (nSPS) is 12.3. The molecule has 0 spiro atoms. The molecule has 0 fully saturated rings. The van der Waals surface area contributed by atoms with Crippen LogP contribution in [0.4, 0.5) is 8.78 Å². The summed E-state index contributed by atoms with van der Waals surface area (Å²) in [6.07, 6.45) is -0.866. The van der Waals surface area contributed by atoms with Gasteiger partial charge in [-0.25, -0.2) is 17.2 Å². The summed E-state index contributed by atoms with van der Waals surface area (Å²) in [6, 6.07) is 0. The van der Waals surface area contributed by atoms with Gasteiger partial charge in [0, 0.05) is 6.26 Å². The summed E-state index contributed by atoms with van der Waals surface area (Å²) in [5, 5.41) is 2.44. The van der Waals surface area contributed by atoms with Crippen molar-refractivity contribution in [1.29, 1.82) is 0 Å². The van der Waals surface area contributed by atoms with Crippen LogP contribution in [0.1, 0.15) is 6.42 Å². The Morgan fingerprint density at radius 2 is 2.00 bits per heavy atom. The second-order valence-electron chi connectivity index (χ2n) is 2.58. The molecular formula is C6H13F2NO2S. The number of hydrogen-bond donors (Lipinski definition) is 1. The monoisotopic (exact) mass is 201 g/mol. The maximum absolute atomic E-state index is 11.5. The van der Waals surface area contributed by atoms with Crippen LogP contribution in [0.3, 0.4) is 0 Å². The van der Waals surface area contributed by atoms with Crippen LogP contribution in [0.2, 0.25) is 0 Å². The number of alkyl halides is 2. The zero-order valence-electron chi connectivity index (χ0n) is 6.89. The van der Waals surface area contributed by atoms with E-state index >= 15 is 0 Å². The van der Waals surface area contributed by atoms with Crippen LogP contribution >= 0.6 is 0 Å². The molecule has 12 heavy (non-hydrogen) atoms. The first-order chi connectivity index (χ1) is 5.42. The first-order valence-corrected chi connectivity index (χ1v) is 5.64. The largest absolute Gasteiger partial charge is 0.311 e. The number of rotatable bonds is 6. The molecule has 3 nitrogen and oxygen atoms in total. The van der Waals surface area contributed by atoms with Gasteiger partial charge in [0.05, 0.1) is 12.3 Å². The minimum Gasteiger partial charge on any atom is -0.311 e. The highest BCUT2D eigenvalue weighted by atomic mass is 32.2. The lowest BCUT2D eigenvalue weighted by atomic mass is 10.5. The van der Waals surface area contributed by atoms with Crippen LogP contribution in [0.25, 0.3) is 0 Å². The fourth-order valence-electron chi connectivity index (χ4n) is 0.671. The van der Waals surface area contributed by atoms with Crippen molar-refractivity contribution >= 4 is 9.84 Å². The molecule has 0 radical (unpaired) electrons. The lowest BCUT2D eigenvalue weighted by molar-refractivity contribution is 0.146. The number of nitrogens with one attached hydrogen (secondary N) is 1. The van der Waals surface area contributed by atoms with E-state index in [0.29, 0.717) is 13.0 Å². The van der Waals surface area contributed by atoms with E-state index in [2.05, 4.69) is 5.32 Å². The summed E-state index contributed by atoms with van der Waals surface area (Å²) in [6.45, 7) is -0.0544. The van der Waals surface area contributed by atoms with Crippen molar-refractivity contribution in [2.24, 2.45) is 0 Å². The van der Waals surface area contributed by atoms with Gasteiger partial charge in [-0.1, -0.05) is 0 Å². The summed E-state index contributed by atoms with van der Waals surface area (Å²) in [4.78, 5) is 0. The van der Waals surface area contributed by atoms with E-state index in [0.717, 1.165) is 6.26 Å². The Labute approximate surface area is 71.1 Å². The van der Waals surface area contributed by atoms with Crippen molar-refractivity contribution in [1.82, 2.24) is 5.32 Å². The molecule has 0 unspecified atom stereocenters. The Kier molecular flexibility index (Phi) is 5.32. The van der Waals surface area contributed by atoms with Crippen LogP contribution in [-0.4, -0.2) is 39.9 Å². The second kappa shape index (κ2) is 5.42. The molecular weight excluding hydrogens is 188 g/mol. The smallest absolute Gasteiger partial charge is 0.250 e. The molecule has 74 valence electrons. The van der Waals surface area contributed by atoms with Gasteiger partial charge in [-0.2, -0.15) is 0 Å². The van der Waals surface area contributed by atoms with Crippen LogP contribution in [0.15, 0.2) is 0 Å². The quantitative estimate of drug-likeness (QED) is 0.628. The van der Waals surface area contributed by atoms with E-state index in [4.69, 9.17) is 0 Å². The topological polar surface area (TPSA) is 46.2 Å². The third-order valence-electron chi connectivity index (χ3n) is 1.17. The highest BCUT2D eigenvalue weighted by Gasteiger charge is 2.02. The van der Waals surface area contributed by atoms with E-state index in [-0.39, 0.29) is 12.3 Å². The van der Waals surface area contributed by atoms with Crippen molar-refractivity contribution < 1.29 is 17.2 Å². The molecule has 0 rings (SSSR count). The molecule has 0 aliphatic rings. The van der Waals surface area contributed by atoms with E-state index < -0.39 is 16.3 Å². The van der Waals surface area contributed by atoms with Crippen LogP contribution in [0, 0.1) is 0 Å². The van der Waals surface area contributed by atoms with Crippen LogP contribution < -0.4 is 5.32 Å². The molecule has 0 bridgehead atoms. The lowest BCUT2D eigenvalue weighted by Crippen LogP contribution is -2.23. The van der Waals surface area contributed by atoms with Gasteiger partial charge < -0.3 is 5.32 Å². The summed E-state index contributed by atoms with van der Waals surface area (Å²) < 4.78 is 44.1. The Hall–Kier alpha value is -0.230. The molecule has 0 atom stereocenters. The average molecular weight is 201 g/mol. The third-order valence-corrected chi connectivity index (χ3v) is 2.20. The average Bonchev–Trinajstić information content (AvgIpc) is 1.83. The van der Waals surface area contributed by atoms with E-state index in [1.165, 1.54) is 0 Å². The first-order valence-electron chi connectivity index (χ1n) is 3.58. The molecule has 0 aliphatic carbocycles. The zero-order valence-corrected chi connectivity index (χ0v) is 7.70. The minimum atomic E-state index is -2.95. The highest BCUT2D eigenvalue weighted by Crippen LogP contribution is 1.90. The van der Waals surface area contributed by atoms with Crippen LogP contribution in [-0.2, 0) is 9.84 Å². The Balaban J connectivity index is 3.23. The molecule has 0 saturated heterocycles. The van der Waals surface area contributed by atoms with Gasteiger partial charge in [-0.3, -0.25) is 0 Å². The molecule has 0 aliphatic heterocycles. The van der Waals surface area contributed by atoms with Gasteiger partial charge >= 0.3 is 0 Å². The first kappa shape index (κ1) is 11.8. The van der Waals surface area contributed by atoms with Gasteiger partial charge in [0.1, 0.15) is 9.84 Å². The van der Waals surface area contributed by atoms with Crippen molar-refractivity contribution in [3.05, 3.63) is 0 Å². The molecule has 0 heterocycles. The summed E-state index contributed by atoms with van der Waals surface area (Å²) in [7, 11) is -2.95. The predicted octanol–water partition coefficient (Wildman–Crippen LogP) is 0.276. The number of halogens is 2. The second-order valence-corrected chi connectivity index (χ2v) is 4.84. The number of sulfone groups is 1. The minimum absolute atomic E-state index is 0.0449. The molecule has 0 saturated carbocycles. The number of hydrogen-bond acceptors (Lipinski definition) is 3. The van der Waals surface area contributed by atoms with Gasteiger partial charge in [0.2, 0.25) is 0 Å². The zero-order chi connectivity index (χ0) is 9.61. The molecule has 1 N–H and O–H groups in total. The van der Waals surface area contributed by atoms with E-state index in [9.17, 15) is 17.2 Å². The fourth-order valence-corrected chi connectivity index (χ4v) is 1.34. The highest BCUT2D eigenvalue weighted by molar-refractivity contribution is 7.90. The van der Waals surface area contributed by atoms with Gasteiger partial charge in [-0.15, -0.1) is 0 Å².